The summed E-state index contributed by atoms with van der Waals surface area (Å²) >= 11 is 3.57. The van der Waals surface area contributed by atoms with Crippen LogP contribution in [0.15, 0.2) is 10.5 Å². The van der Waals surface area contributed by atoms with Crippen molar-refractivity contribution in [3.05, 3.63) is 21.7 Å². The van der Waals surface area contributed by atoms with Gasteiger partial charge in [0.25, 0.3) is 0 Å². The molecule has 1 rings (SSSR count). The largest absolute Gasteiger partial charge is 0.493 e. The molecular weight excluding hydrogens is 284 g/mol. The molecular formula is C13H19BrO3. The highest BCUT2D eigenvalue weighted by Crippen LogP contribution is 2.42. The topological polar surface area (TPSA) is 38.7 Å². The van der Waals surface area contributed by atoms with Gasteiger partial charge in [-0.05, 0) is 45.5 Å². The lowest BCUT2D eigenvalue weighted by Crippen LogP contribution is -2.04. The van der Waals surface area contributed by atoms with Gasteiger partial charge < -0.3 is 14.6 Å². The molecule has 0 bridgehead atoms. The monoisotopic (exact) mass is 302 g/mol. The highest BCUT2D eigenvalue weighted by molar-refractivity contribution is 9.10. The number of ether oxygens (including phenoxy) is 2. The maximum absolute atomic E-state index is 9.12. The van der Waals surface area contributed by atoms with E-state index in [1.54, 1.807) is 14.2 Å². The number of aliphatic hydroxyl groups excluding tert-OH is 1. The van der Waals surface area contributed by atoms with Crippen molar-refractivity contribution in [3.63, 3.8) is 0 Å². The zero-order chi connectivity index (χ0) is 13.0. The summed E-state index contributed by atoms with van der Waals surface area (Å²) in [4.78, 5) is 0. The number of hydrogen-bond donors (Lipinski definition) is 1. The first-order chi connectivity index (χ1) is 8.06. The quantitative estimate of drug-likeness (QED) is 0.908. The van der Waals surface area contributed by atoms with Crippen LogP contribution in [0, 0.1) is 0 Å². The Labute approximate surface area is 111 Å². The van der Waals surface area contributed by atoms with Crippen molar-refractivity contribution in [2.24, 2.45) is 0 Å². The van der Waals surface area contributed by atoms with E-state index in [2.05, 4.69) is 29.8 Å². The summed E-state index contributed by atoms with van der Waals surface area (Å²) in [6.07, 6.45) is 0.618. The standard InChI is InChI=1S/C13H19BrO3/c1-8(2)11-9(5-6-15)7-10(16-3)13(17-4)12(11)14/h7-8,15H,5-6H2,1-4H3. The van der Waals surface area contributed by atoms with Crippen molar-refractivity contribution < 1.29 is 14.6 Å². The average molecular weight is 303 g/mol. The van der Waals surface area contributed by atoms with E-state index in [0.717, 1.165) is 15.6 Å². The van der Waals surface area contributed by atoms with Gasteiger partial charge in [-0.25, -0.2) is 0 Å². The van der Waals surface area contributed by atoms with Gasteiger partial charge in [0, 0.05) is 6.61 Å². The molecule has 0 aliphatic heterocycles. The second-order valence-corrected chi connectivity index (χ2v) is 4.92. The molecule has 0 fully saturated rings. The second kappa shape index (κ2) is 6.26. The van der Waals surface area contributed by atoms with Crippen molar-refractivity contribution in [3.8, 4) is 11.5 Å². The first kappa shape index (κ1) is 14.3. The van der Waals surface area contributed by atoms with Crippen molar-refractivity contribution in [1.82, 2.24) is 0 Å². The van der Waals surface area contributed by atoms with Gasteiger partial charge in [-0.15, -0.1) is 0 Å². The Morgan fingerprint density at radius 1 is 1.29 bits per heavy atom. The first-order valence-electron chi connectivity index (χ1n) is 5.60. The van der Waals surface area contributed by atoms with Gasteiger partial charge in [0.2, 0.25) is 0 Å². The van der Waals surface area contributed by atoms with E-state index < -0.39 is 0 Å². The van der Waals surface area contributed by atoms with Gasteiger partial charge in [0.1, 0.15) is 0 Å². The lowest BCUT2D eigenvalue weighted by atomic mass is 9.94. The Bertz CT molecular complexity index is 389. The van der Waals surface area contributed by atoms with Crippen molar-refractivity contribution in [2.75, 3.05) is 20.8 Å². The molecule has 1 aromatic rings. The summed E-state index contributed by atoms with van der Waals surface area (Å²) in [5.74, 6) is 1.75. The van der Waals surface area contributed by atoms with Crippen LogP contribution in [0.2, 0.25) is 0 Å². The lowest BCUT2D eigenvalue weighted by Gasteiger charge is -2.19. The molecule has 4 heteroatoms. The van der Waals surface area contributed by atoms with Crippen LogP contribution in [0.4, 0.5) is 0 Å². The van der Waals surface area contributed by atoms with Gasteiger partial charge in [-0.2, -0.15) is 0 Å². The van der Waals surface area contributed by atoms with Crippen LogP contribution in [0.3, 0.4) is 0 Å². The van der Waals surface area contributed by atoms with E-state index in [-0.39, 0.29) is 6.61 Å². The molecule has 0 spiro atoms. The third-order valence-corrected chi connectivity index (χ3v) is 3.48. The van der Waals surface area contributed by atoms with Crippen molar-refractivity contribution in [1.29, 1.82) is 0 Å². The summed E-state index contributed by atoms with van der Waals surface area (Å²) in [6.45, 7) is 4.36. The number of benzene rings is 1. The van der Waals surface area contributed by atoms with E-state index >= 15 is 0 Å². The molecule has 0 saturated heterocycles. The van der Waals surface area contributed by atoms with Crippen LogP contribution in [0.25, 0.3) is 0 Å². The zero-order valence-corrected chi connectivity index (χ0v) is 12.3. The minimum atomic E-state index is 0.127. The minimum absolute atomic E-state index is 0.127. The Kier molecular flexibility index (Phi) is 5.28. The highest BCUT2D eigenvalue weighted by atomic mass is 79.9. The Morgan fingerprint density at radius 3 is 2.35 bits per heavy atom. The maximum Gasteiger partial charge on any atom is 0.175 e. The summed E-state index contributed by atoms with van der Waals surface area (Å²) < 4.78 is 11.6. The maximum atomic E-state index is 9.12. The molecule has 3 nitrogen and oxygen atoms in total. The van der Waals surface area contributed by atoms with Gasteiger partial charge >= 0.3 is 0 Å². The molecule has 0 radical (unpaired) electrons. The molecule has 0 saturated carbocycles. The molecule has 1 aromatic carbocycles. The van der Waals surface area contributed by atoms with Crippen molar-refractivity contribution in [2.45, 2.75) is 26.2 Å². The average Bonchev–Trinajstić information content (AvgIpc) is 2.28. The van der Waals surface area contributed by atoms with Crippen LogP contribution in [-0.2, 0) is 6.42 Å². The molecule has 0 unspecified atom stereocenters. The fourth-order valence-corrected chi connectivity index (χ4v) is 3.04. The van der Waals surface area contributed by atoms with E-state index in [0.29, 0.717) is 23.8 Å². The van der Waals surface area contributed by atoms with Crippen LogP contribution in [0.5, 0.6) is 11.5 Å². The van der Waals surface area contributed by atoms with E-state index in [4.69, 9.17) is 14.6 Å². The number of halogens is 1. The van der Waals surface area contributed by atoms with E-state index in [1.165, 1.54) is 0 Å². The van der Waals surface area contributed by atoms with Gasteiger partial charge in [-0.1, -0.05) is 13.8 Å². The molecule has 0 aliphatic rings. The summed E-state index contributed by atoms with van der Waals surface area (Å²) in [5, 5.41) is 9.12. The van der Waals surface area contributed by atoms with Gasteiger partial charge in [-0.3, -0.25) is 0 Å². The predicted molar refractivity (Wildman–Crippen MR) is 72.1 cm³/mol. The van der Waals surface area contributed by atoms with Crippen LogP contribution >= 0.6 is 15.9 Å². The number of aliphatic hydroxyl groups is 1. The van der Waals surface area contributed by atoms with Gasteiger partial charge in [0.05, 0.1) is 18.7 Å². The molecule has 96 valence electrons. The number of methoxy groups -OCH3 is 2. The molecule has 0 heterocycles. The van der Waals surface area contributed by atoms with Gasteiger partial charge in [0.15, 0.2) is 11.5 Å². The Balaban J connectivity index is 3.44. The lowest BCUT2D eigenvalue weighted by molar-refractivity contribution is 0.298. The summed E-state index contributed by atoms with van der Waals surface area (Å²) in [7, 11) is 3.24. The zero-order valence-electron chi connectivity index (χ0n) is 10.7. The fourth-order valence-electron chi connectivity index (χ4n) is 1.97. The molecule has 17 heavy (non-hydrogen) atoms. The van der Waals surface area contributed by atoms with Crippen LogP contribution < -0.4 is 9.47 Å². The van der Waals surface area contributed by atoms with E-state index in [1.807, 2.05) is 6.07 Å². The molecule has 0 aromatic heterocycles. The highest BCUT2D eigenvalue weighted by Gasteiger charge is 2.19. The fraction of sp³-hybridized carbons (Fsp3) is 0.538. The molecule has 1 N–H and O–H groups in total. The summed E-state index contributed by atoms with van der Waals surface area (Å²) in [5.41, 5.74) is 2.25. The molecule has 0 amide bonds. The molecule has 0 aliphatic carbocycles. The van der Waals surface area contributed by atoms with Crippen LogP contribution in [0.1, 0.15) is 30.9 Å². The predicted octanol–water partition coefficient (Wildman–Crippen LogP) is 3.12. The smallest absolute Gasteiger partial charge is 0.175 e. The SMILES string of the molecule is COc1cc(CCO)c(C(C)C)c(Br)c1OC. The normalized spacial score (nSPS) is 10.8. The van der Waals surface area contributed by atoms with Crippen LogP contribution in [-0.4, -0.2) is 25.9 Å². The van der Waals surface area contributed by atoms with Crippen molar-refractivity contribution >= 4 is 15.9 Å². The Hall–Kier alpha value is -0.740. The Morgan fingerprint density at radius 2 is 1.94 bits per heavy atom. The summed E-state index contributed by atoms with van der Waals surface area (Å²) in [6, 6.07) is 1.94. The number of hydrogen-bond acceptors (Lipinski definition) is 3. The van der Waals surface area contributed by atoms with E-state index in [9.17, 15) is 0 Å². The third kappa shape index (κ3) is 2.93. The second-order valence-electron chi connectivity index (χ2n) is 4.13. The molecule has 0 atom stereocenters. The minimum Gasteiger partial charge on any atom is -0.493 e. The third-order valence-electron chi connectivity index (χ3n) is 2.69. The number of rotatable bonds is 5. The first-order valence-corrected chi connectivity index (χ1v) is 6.40.